The number of aliphatic carboxylic acids is 1. The van der Waals surface area contributed by atoms with Gasteiger partial charge in [-0.15, -0.1) is 0 Å². The molecule has 1 fully saturated rings. The normalized spacial score (nSPS) is 32.5. The maximum absolute atomic E-state index is 11.7. The van der Waals surface area contributed by atoms with Gasteiger partial charge in [-0.05, 0) is 19.3 Å². The molecule has 0 saturated carbocycles. The summed E-state index contributed by atoms with van der Waals surface area (Å²) < 4.78 is 5.17. The molecule has 0 aromatic carbocycles. The number of amides is 1. The Hall–Kier alpha value is -1.30. The van der Waals surface area contributed by atoms with Crippen LogP contribution in [0.3, 0.4) is 0 Å². The average Bonchev–Trinajstić information content (AvgIpc) is 2.62. The van der Waals surface area contributed by atoms with Gasteiger partial charge in [-0.1, -0.05) is 13.8 Å². The second-order valence-electron chi connectivity index (χ2n) is 6.48. The Morgan fingerprint density at radius 2 is 1.69 bits per heavy atom. The van der Waals surface area contributed by atoms with Crippen molar-refractivity contribution in [2.75, 3.05) is 0 Å². The number of aliphatic hydroxyl groups excluding tert-OH is 5. The third kappa shape index (κ3) is 5.60. The first-order valence-electron chi connectivity index (χ1n) is 8.71. The van der Waals surface area contributed by atoms with Crippen molar-refractivity contribution in [2.45, 2.75) is 88.3 Å². The van der Waals surface area contributed by atoms with Gasteiger partial charge in [0, 0.05) is 6.42 Å². The zero-order chi connectivity index (χ0) is 20.0. The molecule has 0 aromatic rings. The van der Waals surface area contributed by atoms with Crippen LogP contribution in [0.25, 0.3) is 0 Å². The smallest absolute Gasteiger partial charge is 0.335 e. The van der Waals surface area contributed by atoms with E-state index in [-0.39, 0.29) is 31.6 Å². The van der Waals surface area contributed by atoms with Crippen molar-refractivity contribution >= 4 is 11.9 Å². The van der Waals surface area contributed by atoms with E-state index in [4.69, 9.17) is 9.84 Å². The van der Waals surface area contributed by atoms with Gasteiger partial charge in [-0.25, -0.2) is 4.79 Å². The largest absolute Gasteiger partial charge is 0.479 e. The predicted octanol–water partition coefficient (Wildman–Crippen LogP) is -2.27. The van der Waals surface area contributed by atoms with Crippen LogP contribution in [0.4, 0.5) is 0 Å². The van der Waals surface area contributed by atoms with Gasteiger partial charge >= 0.3 is 5.97 Å². The molecule has 1 amide bonds. The van der Waals surface area contributed by atoms with E-state index in [0.717, 1.165) is 0 Å². The van der Waals surface area contributed by atoms with E-state index in [1.165, 1.54) is 0 Å². The highest BCUT2D eigenvalue weighted by atomic mass is 16.6. The van der Waals surface area contributed by atoms with Gasteiger partial charge in [0.25, 0.3) is 0 Å². The third-order valence-corrected chi connectivity index (χ3v) is 4.61. The third-order valence-electron chi connectivity index (χ3n) is 4.61. The lowest BCUT2D eigenvalue weighted by Crippen LogP contribution is -2.60. The molecule has 26 heavy (non-hydrogen) atoms. The minimum atomic E-state index is -1.78. The summed E-state index contributed by atoms with van der Waals surface area (Å²) in [5.41, 5.74) is 0. The molecule has 1 rings (SSSR count). The van der Waals surface area contributed by atoms with Gasteiger partial charge < -0.3 is 40.7 Å². The zero-order valence-corrected chi connectivity index (χ0v) is 14.9. The Kier molecular flexibility index (Phi) is 8.87. The molecule has 8 atom stereocenters. The number of ether oxygens (including phenoxy) is 1. The molecule has 152 valence electrons. The van der Waals surface area contributed by atoms with Crippen molar-refractivity contribution in [1.82, 2.24) is 5.32 Å². The number of carbonyl (C=O) groups is 2. The average molecular weight is 379 g/mol. The maximum Gasteiger partial charge on any atom is 0.335 e. The second-order valence-corrected chi connectivity index (χ2v) is 6.48. The van der Waals surface area contributed by atoms with E-state index in [1.54, 1.807) is 13.8 Å². The lowest BCUT2D eigenvalue weighted by Gasteiger charge is -2.39. The molecular weight excluding hydrogens is 350 g/mol. The summed E-state index contributed by atoms with van der Waals surface area (Å²) >= 11 is 0. The van der Waals surface area contributed by atoms with E-state index in [0.29, 0.717) is 0 Å². The number of carbonyl (C=O) groups excluding carboxylic acids is 1. The molecule has 0 aliphatic carbocycles. The van der Waals surface area contributed by atoms with Gasteiger partial charge in [0.15, 0.2) is 6.10 Å². The Bertz CT molecular complexity index is 475. The summed E-state index contributed by atoms with van der Waals surface area (Å²) in [7, 11) is 0. The van der Waals surface area contributed by atoms with E-state index < -0.39 is 54.7 Å². The summed E-state index contributed by atoms with van der Waals surface area (Å²) in [4.78, 5) is 22.8. The quantitative estimate of drug-likeness (QED) is 0.233. The highest BCUT2D eigenvalue weighted by molar-refractivity contribution is 5.75. The minimum Gasteiger partial charge on any atom is -0.479 e. The highest BCUT2D eigenvalue weighted by Gasteiger charge is 2.46. The summed E-state index contributed by atoms with van der Waals surface area (Å²) in [5, 5.41) is 61.2. The molecule has 0 bridgehead atoms. The lowest BCUT2D eigenvalue weighted by atomic mass is 9.90. The fourth-order valence-corrected chi connectivity index (χ4v) is 2.88. The van der Waals surface area contributed by atoms with E-state index in [1.807, 2.05) is 0 Å². The fraction of sp³-hybridized carbons (Fsp3) is 0.875. The van der Waals surface area contributed by atoms with Gasteiger partial charge in [0.2, 0.25) is 5.91 Å². The molecule has 0 radical (unpaired) electrons. The van der Waals surface area contributed by atoms with E-state index in [9.17, 15) is 35.1 Å². The first kappa shape index (κ1) is 22.7. The SMILES string of the molecule is CCC(=O)NC(CC[C@H]1OC(C(=O)O)[C@H](O)C(O)C1O)C(O)C(O)CC. The van der Waals surface area contributed by atoms with Gasteiger partial charge in [0.1, 0.15) is 18.3 Å². The highest BCUT2D eigenvalue weighted by Crippen LogP contribution is 2.25. The van der Waals surface area contributed by atoms with Crippen LogP contribution in [-0.4, -0.2) is 91.3 Å². The van der Waals surface area contributed by atoms with Crippen LogP contribution in [0.2, 0.25) is 0 Å². The van der Waals surface area contributed by atoms with Crippen molar-refractivity contribution < 1.29 is 45.0 Å². The number of rotatable bonds is 9. The number of carboxylic acids is 1. The van der Waals surface area contributed by atoms with Crippen LogP contribution < -0.4 is 5.32 Å². The summed E-state index contributed by atoms with van der Waals surface area (Å²) in [6, 6.07) is -0.847. The van der Waals surface area contributed by atoms with Crippen LogP contribution in [0.15, 0.2) is 0 Å². The lowest BCUT2D eigenvalue weighted by molar-refractivity contribution is -0.229. The number of aliphatic hydroxyl groups is 5. The predicted molar refractivity (Wildman–Crippen MR) is 88.1 cm³/mol. The van der Waals surface area contributed by atoms with Crippen LogP contribution >= 0.6 is 0 Å². The summed E-state index contributed by atoms with van der Waals surface area (Å²) in [5.74, 6) is -1.83. The Balaban J connectivity index is 2.81. The maximum atomic E-state index is 11.7. The summed E-state index contributed by atoms with van der Waals surface area (Å²) in [6.45, 7) is 3.29. The zero-order valence-electron chi connectivity index (χ0n) is 14.9. The van der Waals surface area contributed by atoms with Crippen molar-refractivity contribution in [1.29, 1.82) is 0 Å². The van der Waals surface area contributed by atoms with Crippen molar-refractivity contribution in [3.05, 3.63) is 0 Å². The Morgan fingerprint density at radius 3 is 2.19 bits per heavy atom. The molecule has 0 spiro atoms. The molecule has 0 aromatic heterocycles. The van der Waals surface area contributed by atoms with Crippen molar-refractivity contribution in [2.24, 2.45) is 0 Å². The number of hydrogen-bond donors (Lipinski definition) is 7. The monoisotopic (exact) mass is 379 g/mol. The summed E-state index contributed by atoms with van der Waals surface area (Å²) in [6.07, 6.45) is -9.71. The van der Waals surface area contributed by atoms with Gasteiger partial charge in [-0.3, -0.25) is 4.79 Å². The first-order chi connectivity index (χ1) is 12.1. The minimum absolute atomic E-state index is 0.0170. The molecule has 1 saturated heterocycles. The topological polar surface area (TPSA) is 177 Å². The Morgan fingerprint density at radius 1 is 1.08 bits per heavy atom. The number of carboxylic acid groups (broad SMARTS) is 1. The van der Waals surface area contributed by atoms with Crippen LogP contribution in [0, 0.1) is 0 Å². The van der Waals surface area contributed by atoms with Crippen molar-refractivity contribution in [3.8, 4) is 0 Å². The molecule has 1 aliphatic heterocycles. The van der Waals surface area contributed by atoms with E-state index in [2.05, 4.69) is 5.32 Å². The molecule has 1 aliphatic rings. The second kappa shape index (κ2) is 10.1. The molecule has 6 unspecified atom stereocenters. The first-order valence-corrected chi connectivity index (χ1v) is 8.71. The molecular formula is C16H29NO9. The Labute approximate surface area is 151 Å². The molecule has 10 heteroatoms. The van der Waals surface area contributed by atoms with Gasteiger partial charge in [-0.2, -0.15) is 0 Å². The number of nitrogens with one attached hydrogen (secondary N) is 1. The van der Waals surface area contributed by atoms with Gasteiger partial charge in [0.05, 0.1) is 24.4 Å². The standard InChI is InChI=1S/C16H29NO9/c1-3-8(18)11(20)7(17-10(19)4-2)5-6-9-12(21)13(22)14(23)15(26-9)16(24)25/h7-9,11-15,18,20-23H,3-6H2,1-2H3,(H,17,19)(H,24,25)/t7?,8?,9-,11?,12?,13?,14-,15?/m1/s1. The number of hydrogen-bond acceptors (Lipinski definition) is 8. The molecule has 1 heterocycles. The van der Waals surface area contributed by atoms with Crippen molar-refractivity contribution in [3.63, 3.8) is 0 Å². The molecule has 10 nitrogen and oxygen atoms in total. The molecule has 7 N–H and O–H groups in total. The van der Waals surface area contributed by atoms with Crippen LogP contribution in [-0.2, 0) is 14.3 Å². The van der Waals surface area contributed by atoms with Crippen LogP contribution in [0.1, 0.15) is 39.5 Å². The van der Waals surface area contributed by atoms with E-state index >= 15 is 0 Å². The fourth-order valence-electron chi connectivity index (χ4n) is 2.88. The van der Waals surface area contributed by atoms with Crippen LogP contribution in [0.5, 0.6) is 0 Å².